The lowest BCUT2D eigenvalue weighted by Gasteiger charge is -2.30. The molecule has 0 aliphatic heterocycles. The maximum absolute atomic E-state index is 13.0. The molecular formula is C26H33N3O3. The molecule has 0 bridgehead atoms. The maximum Gasteiger partial charge on any atom is 0.228 e. The van der Waals surface area contributed by atoms with Crippen LogP contribution >= 0.6 is 0 Å². The highest BCUT2D eigenvalue weighted by Gasteiger charge is 2.27. The number of hydrogen-bond acceptors (Lipinski definition) is 4. The summed E-state index contributed by atoms with van der Waals surface area (Å²) in [5, 5.41) is 4.79. The number of methoxy groups -OCH3 is 1. The molecule has 0 saturated carbocycles. The molecule has 2 aromatic carbocycles. The molecule has 0 fully saturated rings. The van der Waals surface area contributed by atoms with Crippen LogP contribution in [0.3, 0.4) is 0 Å². The molecule has 3 aromatic rings. The number of benzene rings is 2. The van der Waals surface area contributed by atoms with E-state index in [1.165, 1.54) is 0 Å². The Morgan fingerprint density at radius 3 is 2.25 bits per heavy atom. The Labute approximate surface area is 190 Å². The zero-order valence-electron chi connectivity index (χ0n) is 19.8. The fourth-order valence-electron chi connectivity index (χ4n) is 3.55. The van der Waals surface area contributed by atoms with E-state index in [1.807, 2.05) is 80.3 Å². The van der Waals surface area contributed by atoms with Crippen molar-refractivity contribution in [2.24, 2.45) is 5.92 Å². The van der Waals surface area contributed by atoms with Gasteiger partial charge in [-0.3, -0.25) is 4.79 Å². The van der Waals surface area contributed by atoms with Crippen LogP contribution in [0.15, 0.2) is 54.6 Å². The number of nitrogens with zero attached hydrogens (tertiary/aromatic N) is 3. The van der Waals surface area contributed by atoms with Crippen molar-refractivity contribution in [3.8, 4) is 23.1 Å². The lowest BCUT2D eigenvalue weighted by Crippen LogP contribution is -2.40. The quantitative estimate of drug-likeness (QED) is 0.428. The third-order valence-corrected chi connectivity index (χ3v) is 5.64. The van der Waals surface area contributed by atoms with Crippen LogP contribution in [0, 0.1) is 12.8 Å². The summed E-state index contributed by atoms with van der Waals surface area (Å²) in [6.07, 6.45) is 0.868. The predicted molar refractivity (Wildman–Crippen MR) is 127 cm³/mol. The summed E-state index contributed by atoms with van der Waals surface area (Å²) in [4.78, 5) is 15.0. The standard InChI is InChI=1S/C26H33N3O3/c1-7-19(4)28(25(30)18(2)3)17-22-20(5)27-29(21-13-9-8-10-14-21)26(22)32-24-16-12-11-15-23(24)31-6/h8-16,18-19H,7,17H2,1-6H3/t19-/m1/s1. The molecule has 6 nitrogen and oxygen atoms in total. The number of para-hydroxylation sites is 3. The summed E-state index contributed by atoms with van der Waals surface area (Å²) < 4.78 is 13.7. The first-order valence-electron chi connectivity index (χ1n) is 11.1. The van der Waals surface area contributed by atoms with Crippen molar-refractivity contribution in [3.63, 3.8) is 0 Å². The van der Waals surface area contributed by atoms with Gasteiger partial charge in [-0.2, -0.15) is 5.10 Å². The molecule has 3 rings (SSSR count). The van der Waals surface area contributed by atoms with E-state index in [-0.39, 0.29) is 17.9 Å². The van der Waals surface area contributed by atoms with E-state index in [0.29, 0.717) is 23.9 Å². The van der Waals surface area contributed by atoms with Crippen LogP contribution in [0.1, 0.15) is 45.4 Å². The molecule has 170 valence electrons. The Morgan fingerprint density at radius 2 is 1.66 bits per heavy atom. The van der Waals surface area contributed by atoms with Crippen LogP contribution in [-0.2, 0) is 11.3 Å². The third kappa shape index (κ3) is 4.96. The van der Waals surface area contributed by atoms with Crippen LogP contribution in [0.5, 0.6) is 17.4 Å². The molecule has 1 amide bonds. The van der Waals surface area contributed by atoms with E-state index in [4.69, 9.17) is 14.6 Å². The molecule has 1 aromatic heterocycles. The minimum absolute atomic E-state index is 0.0907. The second-order valence-corrected chi connectivity index (χ2v) is 8.25. The van der Waals surface area contributed by atoms with Gasteiger partial charge < -0.3 is 14.4 Å². The smallest absolute Gasteiger partial charge is 0.228 e. The van der Waals surface area contributed by atoms with Crippen molar-refractivity contribution in [1.82, 2.24) is 14.7 Å². The minimum Gasteiger partial charge on any atom is -0.493 e. The molecule has 0 radical (unpaired) electrons. The number of hydrogen-bond donors (Lipinski definition) is 0. The summed E-state index contributed by atoms with van der Waals surface area (Å²) in [6, 6.07) is 17.5. The average Bonchev–Trinajstić information content (AvgIpc) is 3.12. The fraction of sp³-hybridized carbons (Fsp3) is 0.385. The van der Waals surface area contributed by atoms with Crippen molar-refractivity contribution in [1.29, 1.82) is 0 Å². The number of carbonyl (C=O) groups is 1. The highest BCUT2D eigenvalue weighted by molar-refractivity contribution is 5.78. The molecule has 32 heavy (non-hydrogen) atoms. The van der Waals surface area contributed by atoms with E-state index in [9.17, 15) is 4.79 Å². The molecule has 6 heteroatoms. The topological polar surface area (TPSA) is 56.6 Å². The summed E-state index contributed by atoms with van der Waals surface area (Å²) in [7, 11) is 1.62. The van der Waals surface area contributed by atoms with Gasteiger partial charge in [0.2, 0.25) is 11.8 Å². The van der Waals surface area contributed by atoms with Crippen molar-refractivity contribution >= 4 is 5.91 Å². The van der Waals surface area contributed by atoms with Gasteiger partial charge in [-0.1, -0.05) is 51.1 Å². The van der Waals surface area contributed by atoms with Crippen molar-refractivity contribution in [3.05, 3.63) is 65.9 Å². The van der Waals surface area contributed by atoms with Crippen LogP contribution in [0.4, 0.5) is 0 Å². The Hall–Kier alpha value is -3.28. The first-order valence-corrected chi connectivity index (χ1v) is 11.1. The molecular weight excluding hydrogens is 402 g/mol. The lowest BCUT2D eigenvalue weighted by atomic mass is 10.1. The Kier molecular flexibility index (Phi) is 7.57. The van der Waals surface area contributed by atoms with Crippen LogP contribution in [-0.4, -0.2) is 33.7 Å². The van der Waals surface area contributed by atoms with Crippen LogP contribution in [0.25, 0.3) is 5.69 Å². The molecule has 0 aliphatic rings. The molecule has 0 saturated heterocycles. The SMILES string of the molecule is CC[C@@H](C)N(Cc1c(C)nn(-c2ccccc2)c1Oc1ccccc1OC)C(=O)C(C)C. The van der Waals surface area contributed by atoms with Gasteiger partial charge in [-0.25, -0.2) is 4.68 Å². The number of aryl methyl sites for hydroxylation is 1. The second-order valence-electron chi connectivity index (χ2n) is 8.25. The first-order chi connectivity index (χ1) is 15.4. The highest BCUT2D eigenvalue weighted by Crippen LogP contribution is 2.36. The van der Waals surface area contributed by atoms with E-state index >= 15 is 0 Å². The second kappa shape index (κ2) is 10.4. The first kappa shape index (κ1) is 23.4. The zero-order valence-corrected chi connectivity index (χ0v) is 19.8. The summed E-state index contributed by atoms with van der Waals surface area (Å²) >= 11 is 0. The molecule has 1 atom stereocenters. The molecule has 0 N–H and O–H groups in total. The average molecular weight is 436 g/mol. The van der Waals surface area contributed by atoms with Gasteiger partial charge in [0.05, 0.1) is 30.6 Å². The number of rotatable bonds is 9. The third-order valence-electron chi connectivity index (χ3n) is 5.64. The van der Waals surface area contributed by atoms with E-state index in [2.05, 4.69) is 13.8 Å². The van der Waals surface area contributed by atoms with E-state index in [0.717, 1.165) is 23.4 Å². The van der Waals surface area contributed by atoms with E-state index < -0.39 is 0 Å². The number of aromatic nitrogens is 2. The van der Waals surface area contributed by atoms with Crippen LogP contribution in [0.2, 0.25) is 0 Å². The number of amides is 1. The van der Waals surface area contributed by atoms with Gasteiger partial charge in [-0.15, -0.1) is 0 Å². The predicted octanol–water partition coefficient (Wildman–Crippen LogP) is 5.76. The van der Waals surface area contributed by atoms with Crippen molar-refractivity contribution in [2.75, 3.05) is 7.11 Å². The Balaban J connectivity index is 2.13. The van der Waals surface area contributed by atoms with Gasteiger partial charge >= 0.3 is 0 Å². The molecule has 1 heterocycles. The number of carbonyl (C=O) groups excluding carboxylic acids is 1. The molecule has 0 aliphatic carbocycles. The van der Waals surface area contributed by atoms with Gasteiger partial charge in [0, 0.05) is 12.0 Å². The Bertz CT molecular complexity index is 1040. The Morgan fingerprint density at radius 1 is 1.03 bits per heavy atom. The van der Waals surface area contributed by atoms with Gasteiger partial charge in [-0.05, 0) is 44.5 Å². The number of ether oxygens (including phenoxy) is 2. The minimum atomic E-state index is -0.0907. The van der Waals surface area contributed by atoms with Crippen LogP contribution < -0.4 is 9.47 Å². The van der Waals surface area contributed by atoms with Crippen molar-refractivity contribution in [2.45, 2.75) is 53.6 Å². The van der Waals surface area contributed by atoms with Gasteiger partial charge in [0.1, 0.15) is 0 Å². The van der Waals surface area contributed by atoms with Crippen molar-refractivity contribution < 1.29 is 14.3 Å². The van der Waals surface area contributed by atoms with E-state index in [1.54, 1.807) is 11.8 Å². The lowest BCUT2D eigenvalue weighted by molar-refractivity contribution is -0.137. The summed E-state index contributed by atoms with van der Waals surface area (Å²) in [6.45, 7) is 10.4. The maximum atomic E-state index is 13.0. The summed E-state index contributed by atoms with van der Waals surface area (Å²) in [5.74, 6) is 1.84. The highest BCUT2D eigenvalue weighted by atomic mass is 16.5. The van der Waals surface area contributed by atoms with Gasteiger partial charge in [0.15, 0.2) is 11.5 Å². The fourth-order valence-corrected chi connectivity index (χ4v) is 3.55. The largest absolute Gasteiger partial charge is 0.493 e. The van der Waals surface area contributed by atoms with Gasteiger partial charge in [0.25, 0.3) is 0 Å². The zero-order chi connectivity index (χ0) is 23.3. The molecule has 0 spiro atoms. The summed E-state index contributed by atoms with van der Waals surface area (Å²) in [5.41, 5.74) is 2.59. The normalized spacial score (nSPS) is 12.0. The monoisotopic (exact) mass is 435 g/mol. The molecule has 0 unspecified atom stereocenters.